The first kappa shape index (κ1) is 10.3. The first-order chi connectivity index (χ1) is 7.74. The van der Waals surface area contributed by atoms with E-state index in [4.69, 9.17) is 0 Å². The Morgan fingerprint density at radius 3 is 3.12 bits per heavy atom. The van der Waals surface area contributed by atoms with Crippen LogP contribution in [-0.4, -0.2) is 35.9 Å². The van der Waals surface area contributed by atoms with E-state index in [0.717, 1.165) is 0 Å². The van der Waals surface area contributed by atoms with Crippen molar-refractivity contribution in [3.05, 3.63) is 18.5 Å². The summed E-state index contributed by atoms with van der Waals surface area (Å²) in [7, 11) is 0. The molecule has 0 bridgehead atoms. The average molecular weight is 221 g/mol. The number of aromatic nitrogens is 6. The van der Waals surface area contributed by atoms with E-state index in [2.05, 4.69) is 30.6 Å². The number of nitrogens with zero attached hydrogens (tertiary/aromatic N) is 5. The third-order valence-corrected chi connectivity index (χ3v) is 1.88. The summed E-state index contributed by atoms with van der Waals surface area (Å²) < 4.78 is 1.59. The molecule has 0 aromatic carbocycles. The predicted molar refractivity (Wildman–Crippen MR) is 54.4 cm³/mol. The van der Waals surface area contributed by atoms with Crippen molar-refractivity contribution in [2.45, 2.75) is 19.9 Å². The van der Waals surface area contributed by atoms with Crippen molar-refractivity contribution in [2.75, 3.05) is 5.32 Å². The highest BCUT2D eigenvalue weighted by Crippen LogP contribution is 1.98. The van der Waals surface area contributed by atoms with Crippen LogP contribution in [0.3, 0.4) is 0 Å². The van der Waals surface area contributed by atoms with Crippen LogP contribution in [0.5, 0.6) is 0 Å². The Morgan fingerprint density at radius 2 is 2.50 bits per heavy atom. The van der Waals surface area contributed by atoms with Crippen molar-refractivity contribution >= 4 is 11.9 Å². The Morgan fingerprint density at radius 1 is 1.62 bits per heavy atom. The fraction of sp³-hybridized carbons (Fsp3) is 0.375. The molecule has 0 aliphatic heterocycles. The van der Waals surface area contributed by atoms with E-state index in [0.29, 0.717) is 24.7 Å². The molecule has 8 nitrogen and oxygen atoms in total. The number of carbonyl (C=O) groups excluding carboxylic acids is 1. The highest BCUT2D eigenvalue weighted by Gasteiger charge is 2.06. The topological polar surface area (TPSA) is 101 Å². The van der Waals surface area contributed by atoms with Crippen molar-refractivity contribution in [1.82, 2.24) is 29.9 Å². The highest BCUT2D eigenvalue weighted by molar-refractivity contribution is 5.88. The Kier molecular flexibility index (Phi) is 2.90. The van der Waals surface area contributed by atoms with Gasteiger partial charge in [0.25, 0.3) is 0 Å². The van der Waals surface area contributed by atoms with Crippen LogP contribution in [-0.2, 0) is 11.3 Å². The van der Waals surface area contributed by atoms with Gasteiger partial charge in [0.2, 0.25) is 11.9 Å². The lowest BCUT2D eigenvalue weighted by Gasteiger charge is -2.00. The normalized spacial score (nSPS) is 10.3. The molecular formula is C8H11N7O. The molecule has 2 N–H and O–H groups in total. The minimum Gasteiger partial charge on any atom is -0.293 e. The van der Waals surface area contributed by atoms with Crippen molar-refractivity contribution in [2.24, 2.45) is 0 Å². The maximum absolute atomic E-state index is 11.5. The van der Waals surface area contributed by atoms with E-state index >= 15 is 0 Å². The van der Waals surface area contributed by atoms with E-state index in [-0.39, 0.29) is 5.91 Å². The predicted octanol–water partition coefficient (Wildman–Crippen LogP) is -0.267. The van der Waals surface area contributed by atoms with Crippen LogP contribution < -0.4 is 5.32 Å². The van der Waals surface area contributed by atoms with Crippen molar-refractivity contribution < 1.29 is 4.79 Å². The molecule has 84 valence electrons. The average Bonchev–Trinajstić information content (AvgIpc) is 2.87. The summed E-state index contributed by atoms with van der Waals surface area (Å²) in [5.74, 6) is 0.794. The number of amides is 1. The molecule has 1 amide bonds. The Labute approximate surface area is 91.1 Å². The molecule has 0 unspecified atom stereocenters. The summed E-state index contributed by atoms with van der Waals surface area (Å²) in [6.45, 7) is 2.24. The Bertz CT molecular complexity index is 460. The molecule has 0 saturated carbocycles. The van der Waals surface area contributed by atoms with Gasteiger partial charge in [0, 0.05) is 6.42 Å². The molecule has 2 heterocycles. The molecule has 2 aromatic rings. The lowest BCUT2D eigenvalue weighted by molar-refractivity contribution is -0.116. The number of carbonyl (C=O) groups is 1. The molecule has 0 spiro atoms. The molecule has 2 aromatic heterocycles. The summed E-state index contributed by atoms with van der Waals surface area (Å²) in [4.78, 5) is 19.2. The van der Waals surface area contributed by atoms with Gasteiger partial charge in [-0.3, -0.25) is 19.9 Å². The Balaban J connectivity index is 1.81. The zero-order valence-electron chi connectivity index (χ0n) is 8.71. The largest absolute Gasteiger partial charge is 0.293 e. The van der Waals surface area contributed by atoms with Gasteiger partial charge < -0.3 is 0 Å². The first-order valence-electron chi connectivity index (χ1n) is 4.75. The second-order valence-electron chi connectivity index (χ2n) is 3.20. The van der Waals surface area contributed by atoms with Crippen LogP contribution in [0.4, 0.5) is 5.95 Å². The molecule has 0 atom stereocenters. The third kappa shape index (κ3) is 2.62. The summed E-state index contributed by atoms with van der Waals surface area (Å²) >= 11 is 0. The van der Waals surface area contributed by atoms with E-state index in [1.165, 1.54) is 6.33 Å². The summed E-state index contributed by atoms with van der Waals surface area (Å²) in [5, 5.41) is 12.9. The number of H-pyrrole nitrogens is 1. The second-order valence-corrected chi connectivity index (χ2v) is 3.20. The molecule has 2 rings (SSSR count). The number of hydrogen-bond acceptors (Lipinski definition) is 5. The fourth-order valence-electron chi connectivity index (χ4n) is 1.15. The molecule has 0 radical (unpaired) electrons. The Hall–Kier alpha value is -2.25. The standard InChI is InChI=1S/C8H11N7O/c1-6-11-8(14-13-6)12-7(16)2-3-15-5-9-4-10-15/h4-5H,2-3H2,1H3,(H2,11,12,13,14,16). The zero-order chi connectivity index (χ0) is 11.4. The maximum Gasteiger partial charge on any atom is 0.248 e. The summed E-state index contributed by atoms with van der Waals surface area (Å²) in [6.07, 6.45) is 3.29. The van der Waals surface area contributed by atoms with Gasteiger partial charge in [-0.25, -0.2) is 4.98 Å². The lowest BCUT2D eigenvalue weighted by atomic mass is 10.4. The molecule has 0 saturated heterocycles. The SMILES string of the molecule is Cc1nc(NC(=O)CCn2cncn2)n[nH]1. The van der Waals surface area contributed by atoms with Crippen molar-refractivity contribution in [3.8, 4) is 0 Å². The second kappa shape index (κ2) is 4.51. The maximum atomic E-state index is 11.5. The fourth-order valence-corrected chi connectivity index (χ4v) is 1.15. The van der Waals surface area contributed by atoms with E-state index in [9.17, 15) is 4.79 Å². The summed E-state index contributed by atoms with van der Waals surface area (Å²) in [6, 6.07) is 0. The van der Waals surface area contributed by atoms with Gasteiger partial charge in [-0.05, 0) is 6.92 Å². The highest BCUT2D eigenvalue weighted by atomic mass is 16.1. The minimum atomic E-state index is -0.158. The molecule has 0 aliphatic rings. The van der Waals surface area contributed by atoms with Gasteiger partial charge in [0.05, 0.1) is 6.54 Å². The van der Waals surface area contributed by atoms with Gasteiger partial charge in [-0.15, -0.1) is 5.10 Å². The number of rotatable bonds is 4. The van der Waals surface area contributed by atoms with Crippen LogP contribution in [0.15, 0.2) is 12.7 Å². The first-order valence-corrected chi connectivity index (χ1v) is 4.75. The molecule has 0 fully saturated rings. The number of hydrogen-bond donors (Lipinski definition) is 2. The number of anilines is 1. The van der Waals surface area contributed by atoms with Crippen molar-refractivity contribution in [3.63, 3.8) is 0 Å². The quantitative estimate of drug-likeness (QED) is 0.740. The van der Waals surface area contributed by atoms with Gasteiger partial charge in [-0.1, -0.05) is 0 Å². The third-order valence-electron chi connectivity index (χ3n) is 1.88. The number of aromatic amines is 1. The van der Waals surface area contributed by atoms with E-state index < -0.39 is 0 Å². The smallest absolute Gasteiger partial charge is 0.248 e. The van der Waals surface area contributed by atoms with Gasteiger partial charge in [0.1, 0.15) is 18.5 Å². The van der Waals surface area contributed by atoms with Crippen LogP contribution >= 0.6 is 0 Å². The van der Waals surface area contributed by atoms with E-state index in [1.807, 2.05) is 0 Å². The molecule has 8 heteroatoms. The number of aryl methyl sites for hydroxylation is 2. The van der Waals surface area contributed by atoms with Gasteiger partial charge in [-0.2, -0.15) is 10.1 Å². The van der Waals surface area contributed by atoms with Gasteiger partial charge in [0.15, 0.2) is 0 Å². The van der Waals surface area contributed by atoms with Crippen LogP contribution in [0.25, 0.3) is 0 Å². The van der Waals surface area contributed by atoms with Crippen LogP contribution in [0, 0.1) is 6.92 Å². The molecule has 16 heavy (non-hydrogen) atoms. The van der Waals surface area contributed by atoms with Crippen LogP contribution in [0.1, 0.15) is 12.2 Å². The molecule has 0 aliphatic carbocycles. The van der Waals surface area contributed by atoms with Gasteiger partial charge >= 0.3 is 0 Å². The van der Waals surface area contributed by atoms with Crippen molar-refractivity contribution in [1.29, 1.82) is 0 Å². The minimum absolute atomic E-state index is 0.158. The molecular weight excluding hydrogens is 210 g/mol. The van der Waals surface area contributed by atoms with E-state index in [1.54, 1.807) is 17.9 Å². The number of nitrogens with one attached hydrogen (secondary N) is 2. The van der Waals surface area contributed by atoms with Crippen LogP contribution in [0.2, 0.25) is 0 Å². The summed E-state index contributed by atoms with van der Waals surface area (Å²) in [5.41, 5.74) is 0. The zero-order valence-corrected chi connectivity index (χ0v) is 8.71. The lowest BCUT2D eigenvalue weighted by Crippen LogP contribution is -2.15. The monoisotopic (exact) mass is 221 g/mol.